The molecule has 3 atom stereocenters. The molecule has 1 heterocycles. The van der Waals surface area contributed by atoms with Gasteiger partial charge in [0.2, 0.25) is 5.88 Å². The molecule has 1 aliphatic carbocycles. The van der Waals surface area contributed by atoms with Gasteiger partial charge in [-0.25, -0.2) is 4.98 Å². The van der Waals surface area contributed by atoms with Crippen molar-refractivity contribution in [1.29, 1.82) is 0 Å². The lowest BCUT2D eigenvalue weighted by atomic mass is 9.80. The van der Waals surface area contributed by atoms with Gasteiger partial charge >= 0.3 is 0 Å². The Hall–Kier alpha value is -1.38. The van der Waals surface area contributed by atoms with Crippen molar-refractivity contribution in [3.63, 3.8) is 0 Å². The van der Waals surface area contributed by atoms with E-state index in [2.05, 4.69) is 18.8 Å². The van der Waals surface area contributed by atoms with E-state index in [1.54, 1.807) is 25.3 Å². The Kier molecular flexibility index (Phi) is 4.00. The van der Waals surface area contributed by atoms with Crippen molar-refractivity contribution < 1.29 is 9.53 Å². The molecule has 98 valence electrons. The van der Waals surface area contributed by atoms with E-state index in [1.165, 1.54) is 6.42 Å². The summed E-state index contributed by atoms with van der Waals surface area (Å²) in [5.74, 6) is 1.95. The lowest BCUT2D eigenvalue weighted by molar-refractivity contribution is 0.0911. The second-order valence-electron chi connectivity index (χ2n) is 5.42. The van der Waals surface area contributed by atoms with E-state index in [4.69, 9.17) is 4.74 Å². The van der Waals surface area contributed by atoms with Crippen LogP contribution in [0.3, 0.4) is 0 Å². The van der Waals surface area contributed by atoms with Crippen LogP contribution in [0.1, 0.15) is 50.4 Å². The van der Waals surface area contributed by atoms with Crippen molar-refractivity contribution in [2.24, 2.45) is 11.8 Å². The SMILES string of the molecule is CC(=O)c1cccnc1OC1CCC(C)C(C)C1. The Labute approximate surface area is 109 Å². The number of Topliss-reactive ketones (excluding diaryl/α,β-unsaturated/α-hetero) is 1. The fourth-order valence-electron chi connectivity index (χ4n) is 2.52. The molecule has 1 aromatic rings. The fourth-order valence-corrected chi connectivity index (χ4v) is 2.52. The van der Waals surface area contributed by atoms with Gasteiger partial charge in [-0.2, -0.15) is 0 Å². The first-order valence-electron chi connectivity index (χ1n) is 6.70. The highest BCUT2D eigenvalue weighted by Gasteiger charge is 2.26. The van der Waals surface area contributed by atoms with Crippen LogP contribution in [-0.4, -0.2) is 16.9 Å². The van der Waals surface area contributed by atoms with Crippen LogP contribution >= 0.6 is 0 Å². The van der Waals surface area contributed by atoms with Gasteiger partial charge < -0.3 is 4.74 Å². The average molecular weight is 247 g/mol. The van der Waals surface area contributed by atoms with Crippen molar-refractivity contribution >= 4 is 5.78 Å². The third kappa shape index (κ3) is 2.89. The lowest BCUT2D eigenvalue weighted by Gasteiger charge is -2.32. The predicted octanol–water partition coefficient (Wildman–Crippen LogP) is 3.49. The standard InChI is InChI=1S/C15H21NO2/c1-10-6-7-13(9-11(10)2)18-15-14(12(3)17)5-4-8-16-15/h4-5,8,10-11,13H,6-7,9H2,1-3H3. The minimum Gasteiger partial charge on any atom is -0.474 e. The minimum absolute atomic E-state index is 0.00956. The molecule has 0 bridgehead atoms. The van der Waals surface area contributed by atoms with Gasteiger partial charge in [0, 0.05) is 6.20 Å². The summed E-state index contributed by atoms with van der Waals surface area (Å²) >= 11 is 0. The van der Waals surface area contributed by atoms with E-state index in [9.17, 15) is 4.79 Å². The number of rotatable bonds is 3. The minimum atomic E-state index is 0.00956. The zero-order valence-corrected chi connectivity index (χ0v) is 11.3. The maximum atomic E-state index is 11.5. The quantitative estimate of drug-likeness (QED) is 0.767. The number of nitrogens with zero attached hydrogens (tertiary/aromatic N) is 1. The van der Waals surface area contributed by atoms with Gasteiger partial charge in [0.05, 0.1) is 5.56 Å². The van der Waals surface area contributed by atoms with E-state index in [0.29, 0.717) is 17.4 Å². The molecular formula is C15H21NO2. The maximum Gasteiger partial charge on any atom is 0.224 e. The molecule has 0 amide bonds. The second kappa shape index (κ2) is 5.51. The molecule has 3 unspecified atom stereocenters. The fraction of sp³-hybridized carbons (Fsp3) is 0.600. The van der Waals surface area contributed by atoms with Gasteiger partial charge in [0.1, 0.15) is 6.10 Å². The summed E-state index contributed by atoms with van der Waals surface area (Å²) in [5, 5.41) is 0. The zero-order valence-electron chi connectivity index (χ0n) is 11.3. The summed E-state index contributed by atoms with van der Waals surface area (Å²) in [7, 11) is 0. The Morgan fingerprint density at radius 2 is 2.11 bits per heavy atom. The van der Waals surface area contributed by atoms with Gasteiger partial charge in [-0.15, -0.1) is 0 Å². The van der Waals surface area contributed by atoms with Crippen molar-refractivity contribution in [1.82, 2.24) is 4.98 Å². The number of ether oxygens (including phenoxy) is 1. The third-order valence-electron chi connectivity index (χ3n) is 3.98. The number of hydrogen-bond acceptors (Lipinski definition) is 3. The molecule has 18 heavy (non-hydrogen) atoms. The molecule has 1 fully saturated rings. The molecule has 0 radical (unpaired) electrons. The van der Waals surface area contributed by atoms with Gasteiger partial charge in [-0.1, -0.05) is 13.8 Å². The van der Waals surface area contributed by atoms with Gasteiger partial charge in [0.25, 0.3) is 0 Å². The van der Waals surface area contributed by atoms with E-state index in [-0.39, 0.29) is 11.9 Å². The summed E-state index contributed by atoms with van der Waals surface area (Å²) in [4.78, 5) is 15.7. The third-order valence-corrected chi connectivity index (χ3v) is 3.98. The number of aromatic nitrogens is 1. The second-order valence-corrected chi connectivity index (χ2v) is 5.42. The summed E-state index contributed by atoms with van der Waals surface area (Å²) in [5.41, 5.74) is 0.587. The highest BCUT2D eigenvalue weighted by atomic mass is 16.5. The monoisotopic (exact) mass is 247 g/mol. The van der Waals surface area contributed by atoms with Gasteiger partial charge in [-0.05, 0) is 50.2 Å². The van der Waals surface area contributed by atoms with Crippen LogP contribution in [0.2, 0.25) is 0 Å². The first kappa shape index (κ1) is 13.1. The smallest absolute Gasteiger partial charge is 0.224 e. The molecule has 2 rings (SSSR count). The van der Waals surface area contributed by atoms with Crippen LogP contribution in [0.5, 0.6) is 5.88 Å². The van der Waals surface area contributed by atoms with Crippen molar-refractivity contribution in [2.45, 2.75) is 46.1 Å². The van der Waals surface area contributed by atoms with E-state index in [0.717, 1.165) is 18.8 Å². The van der Waals surface area contributed by atoms with Gasteiger partial charge in [0.15, 0.2) is 5.78 Å². The number of carbonyl (C=O) groups excluding carboxylic acids is 1. The number of carbonyl (C=O) groups is 1. The van der Waals surface area contributed by atoms with E-state index in [1.807, 2.05) is 0 Å². The summed E-state index contributed by atoms with van der Waals surface area (Å²) in [6.45, 7) is 6.11. The largest absolute Gasteiger partial charge is 0.474 e. The van der Waals surface area contributed by atoms with Crippen LogP contribution < -0.4 is 4.74 Å². The number of ketones is 1. The molecule has 0 spiro atoms. The van der Waals surface area contributed by atoms with Crippen molar-refractivity contribution in [2.75, 3.05) is 0 Å². The van der Waals surface area contributed by atoms with Crippen molar-refractivity contribution in [3.05, 3.63) is 23.9 Å². The zero-order chi connectivity index (χ0) is 13.1. The molecule has 0 N–H and O–H groups in total. The Morgan fingerprint density at radius 3 is 2.78 bits per heavy atom. The maximum absolute atomic E-state index is 11.5. The lowest BCUT2D eigenvalue weighted by Crippen LogP contribution is -2.29. The Bertz CT molecular complexity index is 430. The Morgan fingerprint density at radius 1 is 1.33 bits per heavy atom. The molecular weight excluding hydrogens is 226 g/mol. The molecule has 3 heteroatoms. The first-order valence-corrected chi connectivity index (χ1v) is 6.70. The normalized spacial score (nSPS) is 27.8. The van der Waals surface area contributed by atoms with Crippen LogP contribution in [0.15, 0.2) is 18.3 Å². The average Bonchev–Trinajstić information content (AvgIpc) is 2.34. The molecule has 1 saturated carbocycles. The van der Waals surface area contributed by atoms with Gasteiger partial charge in [-0.3, -0.25) is 4.79 Å². The summed E-state index contributed by atoms with van der Waals surface area (Å²) < 4.78 is 5.93. The summed E-state index contributed by atoms with van der Waals surface area (Å²) in [6, 6.07) is 3.55. The molecule has 3 nitrogen and oxygen atoms in total. The topological polar surface area (TPSA) is 39.2 Å². The highest BCUT2D eigenvalue weighted by Crippen LogP contribution is 2.32. The molecule has 0 aromatic carbocycles. The highest BCUT2D eigenvalue weighted by molar-refractivity contribution is 5.96. The molecule has 1 aliphatic rings. The number of pyridine rings is 1. The summed E-state index contributed by atoms with van der Waals surface area (Å²) in [6.07, 6.45) is 5.17. The van der Waals surface area contributed by atoms with Crippen LogP contribution in [0.25, 0.3) is 0 Å². The van der Waals surface area contributed by atoms with Crippen molar-refractivity contribution in [3.8, 4) is 5.88 Å². The van der Waals surface area contributed by atoms with Crippen LogP contribution in [-0.2, 0) is 0 Å². The van der Waals surface area contributed by atoms with Crippen LogP contribution in [0, 0.1) is 11.8 Å². The van der Waals surface area contributed by atoms with Crippen LogP contribution in [0.4, 0.5) is 0 Å². The van der Waals surface area contributed by atoms with E-state index < -0.39 is 0 Å². The Balaban J connectivity index is 2.08. The molecule has 0 aliphatic heterocycles. The first-order chi connectivity index (χ1) is 8.58. The molecule has 0 saturated heterocycles. The molecule has 1 aromatic heterocycles. The van der Waals surface area contributed by atoms with E-state index >= 15 is 0 Å². The predicted molar refractivity (Wildman–Crippen MR) is 70.8 cm³/mol. The number of hydrogen-bond donors (Lipinski definition) is 0.